The van der Waals surface area contributed by atoms with E-state index in [4.69, 9.17) is 8.94 Å². The number of hydrogen-bond acceptors (Lipinski definition) is 5. The van der Waals surface area contributed by atoms with Crippen molar-refractivity contribution in [3.05, 3.63) is 24.3 Å². The Hall–Kier alpha value is -1.62. The lowest BCUT2D eigenvalue weighted by Gasteiger charge is -2.10. The molecule has 0 aliphatic heterocycles. The molecular weight excluding hydrogens is 208 g/mol. The molecule has 16 heavy (non-hydrogen) atoms. The van der Waals surface area contributed by atoms with Gasteiger partial charge < -0.3 is 14.0 Å². The average Bonchev–Trinajstić information content (AvgIpc) is 2.85. The monoisotopic (exact) mass is 222 g/mol. The zero-order valence-electron chi connectivity index (χ0n) is 9.25. The van der Waals surface area contributed by atoms with Gasteiger partial charge in [0.25, 0.3) is 0 Å². The van der Waals surface area contributed by atoms with Crippen molar-refractivity contribution in [1.82, 2.24) is 10.1 Å². The minimum absolute atomic E-state index is 0.166. The summed E-state index contributed by atoms with van der Waals surface area (Å²) in [5.41, 5.74) is 0. The van der Waals surface area contributed by atoms with E-state index in [0.29, 0.717) is 23.9 Å². The molecule has 0 aromatic carbocycles. The highest BCUT2D eigenvalue weighted by Crippen LogP contribution is 2.17. The Kier molecular flexibility index (Phi) is 3.05. The molecule has 0 saturated heterocycles. The van der Waals surface area contributed by atoms with Crippen LogP contribution >= 0.6 is 0 Å². The van der Waals surface area contributed by atoms with Gasteiger partial charge in [-0.2, -0.15) is 4.98 Å². The van der Waals surface area contributed by atoms with Crippen molar-refractivity contribution in [2.75, 3.05) is 0 Å². The molecule has 2 aromatic heterocycles. The van der Waals surface area contributed by atoms with Crippen LogP contribution in [0.15, 0.2) is 27.3 Å². The van der Waals surface area contributed by atoms with Crippen molar-refractivity contribution < 1.29 is 14.0 Å². The van der Waals surface area contributed by atoms with Crippen molar-refractivity contribution in [3.8, 4) is 11.6 Å². The zero-order chi connectivity index (χ0) is 11.5. The number of nitrogens with zero attached hydrogens (tertiary/aromatic N) is 2. The van der Waals surface area contributed by atoms with Crippen molar-refractivity contribution >= 4 is 0 Å². The molecule has 1 N–H and O–H groups in total. The van der Waals surface area contributed by atoms with Crippen molar-refractivity contribution in [2.24, 2.45) is 5.92 Å². The van der Waals surface area contributed by atoms with E-state index in [1.807, 2.05) is 13.8 Å². The van der Waals surface area contributed by atoms with Crippen LogP contribution in [-0.2, 0) is 6.42 Å². The topological polar surface area (TPSA) is 72.3 Å². The van der Waals surface area contributed by atoms with Crippen LogP contribution in [0.3, 0.4) is 0 Å². The molecule has 0 spiro atoms. The van der Waals surface area contributed by atoms with E-state index in [1.54, 1.807) is 18.4 Å². The molecule has 1 unspecified atom stereocenters. The van der Waals surface area contributed by atoms with E-state index in [1.165, 1.54) is 0 Å². The second-order valence-corrected chi connectivity index (χ2v) is 4.00. The molecule has 2 rings (SSSR count). The van der Waals surface area contributed by atoms with E-state index in [9.17, 15) is 5.11 Å². The summed E-state index contributed by atoms with van der Waals surface area (Å²) in [5, 5.41) is 13.4. The van der Waals surface area contributed by atoms with Gasteiger partial charge in [0.05, 0.1) is 18.8 Å². The zero-order valence-corrected chi connectivity index (χ0v) is 9.25. The Morgan fingerprint density at radius 3 is 2.88 bits per heavy atom. The summed E-state index contributed by atoms with van der Waals surface area (Å²) >= 11 is 0. The Labute approximate surface area is 93.1 Å². The number of hydrogen-bond donors (Lipinski definition) is 1. The Morgan fingerprint density at radius 2 is 2.25 bits per heavy atom. The maximum Gasteiger partial charge on any atom is 0.238 e. The normalized spacial score (nSPS) is 13.2. The first kappa shape index (κ1) is 10.9. The fourth-order valence-electron chi connectivity index (χ4n) is 1.26. The molecule has 0 aliphatic carbocycles. The average molecular weight is 222 g/mol. The highest BCUT2D eigenvalue weighted by Gasteiger charge is 2.16. The van der Waals surface area contributed by atoms with Crippen LogP contribution in [0, 0.1) is 5.92 Å². The molecule has 5 nitrogen and oxygen atoms in total. The van der Waals surface area contributed by atoms with E-state index >= 15 is 0 Å². The summed E-state index contributed by atoms with van der Waals surface area (Å²) in [5.74, 6) is 1.57. The van der Waals surface area contributed by atoms with E-state index in [2.05, 4.69) is 10.1 Å². The molecule has 1 atom stereocenters. The van der Waals surface area contributed by atoms with E-state index in [-0.39, 0.29) is 5.92 Å². The largest absolute Gasteiger partial charge is 0.461 e. The van der Waals surface area contributed by atoms with Gasteiger partial charge in [0, 0.05) is 0 Å². The first-order chi connectivity index (χ1) is 7.66. The van der Waals surface area contributed by atoms with Crippen LogP contribution in [0.5, 0.6) is 0 Å². The number of rotatable bonds is 4. The lowest BCUT2D eigenvalue weighted by molar-refractivity contribution is 0.116. The van der Waals surface area contributed by atoms with Gasteiger partial charge in [0.15, 0.2) is 5.76 Å². The summed E-state index contributed by atoms with van der Waals surface area (Å²) in [7, 11) is 0. The van der Waals surface area contributed by atoms with Gasteiger partial charge in [-0.1, -0.05) is 19.0 Å². The molecule has 86 valence electrons. The first-order valence-corrected chi connectivity index (χ1v) is 5.21. The number of aliphatic hydroxyl groups excluding tert-OH is 1. The molecule has 2 aromatic rings. The molecule has 5 heteroatoms. The van der Waals surface area contributed by atoms with Gasteiger partial charge >= 0.3 is 0 Å². The van der Waals surface area contributed by atoms with Crippen LogP contribution in [0.1, 0.15) is 19.7 Å². The third-order valence-corrected chi connectivity index (χ3v) is 2.36. The quantitative estimate of drug-likeness (QED) is 0.855. The minimum atomic E-state index is -0.468. The van der Waals surface area contributed by atoms with Crippen LogP contribution in [0.4, 0.5) is 0 Å². The predicted octanol–water partition coefficient (Wildman–Crippen LogP) is 1.89. The summed E-state index contributed by atoms with van der Waals surface area (Å²) in [6, 6.07) is 3.52. The van der Waals surface area contributed by atoms with Crippen LogP contribution in [-0.4, -0.2) is 21.4 Å². The van der Waals surface area contributed by atoms with E-state index in [0.717, 1.165) is 0 Å². The first-order valence-electron chi connectivity index (χ1n) is 5.21. The number of aromatic nitrogens is 2. The second-order valence-electron chi connectivity index (χ2n) is 4.00. The fraction of sp³-hybridized carbons (Fsp3) is 0.455. The van der Waals surface area contributed by atoms with E-state index < -0.39 is 6.10 Å². The summed E-state index contributed by atoms with van der Waals surface area (Å²) in [4.78, 5) is 4.14. The summed E-state index contributed by atoms with van der Waals surface area (Å²) in [6.07, 6.45) is 1.45. The minimum Gasteiger partial charge on any atom is -0.461 e. The van der Waals surface area contributed by atoms with Crippen LogP contribution in [0.25, 0.3) is 11.6 Å². The third kappa shape index (κ3) is 2.30. The molecule has 0 amide bonds. The standard InChI is InChI=1S/C11H14N2O3/c1-7(2)8(14)6-10-12-11(13-16-10)9-4-3-5-15-9/h3-5,7-8,14H,6H2,1-2H3. The van der Waals surface area contributed by atoms with Gasteiger partial charge in [0.2, 0.25) is 11.7 Å². The maximum absolute atomic E-state index is 9.67. The predicted molar refractivity (Wildman–Crippen MR) is 56.5 cm³/mol. The Balaban J connectivity index is 2.08. The van der Waals surface area contributed by atoms with Gasteiger partial charge in [-0.15, -0.1) is 0 Å². The number of furan rings is 1. The van der Waals surface area contributed by atoms with Gasteiger partial charge in [-0.25, -0.2) is 0 Å². The van der Waals surface area contributed by atoms with Crippen molar-refractivity contribution in [3.63, 3.8) is 0 Å². The van der Waals surface area contributed by atoms with Gasteiger partial charge in [0.1, 0.15) is 0 Å². The SMILES string of the molecule is CC(C)C(O)Cc1nc(-c2ccco2)no1. The van der Waals surface area contributed by atoms with Crippen LogP contribution < -0.4 is 0 Å². The number of aliphatic hydroxyl groups is 1. The highest BCUT2D eigenvalue weighted by atomic mass is 16.5. The summed E-state index contributed by atoms with van der Waals surface area (Å²) in [6.45, 7) is 3.88. The van der Waals surface area contributed by atoms with Crippen LogP contribution in [0.2, 0.25) is 0 Å². The molecule has 2 heterocycles. The highest BCUT2D eigenvalue weighted by molar-refractivity contribution is 5.44. The lowest BCUT2D eigenvalue weighted by Crippen LogP contribution is -2.17. The molecule has 0 fully saturated rings. The van der Waals surface area contributed by atoms with Crippen molar-refractivity contribution in [2.45, 2.75) is 26.4 Å². The molecular formula is C11H14N2O3. The van der Waals surface area contributed by atoms with Gasteiger partial charge in [-0.05, 0) is 18.1 Å². The molecule has 0 radical (unpaired) electrons. The smallest absolute Gasteiger partial charge is 0.238 e. The molecule has 0 saturated carbocycles. The Bertz CT molecular complexity index is 434. The van der Waals surface area contributed by atoms with Gasteiger partial charge in [-0.3, -0.25) is 0 Å². The second kappa shape index (κ2) is 4.49. The third-order valence-electron chi connectivity index (χ3n) is 2.36. The summed E-state index contributed by atoms with van der Waals surface area (Å²) < 4.78 is 10.2. The fourth-order valence-corrected chi connectivity index (χ4v) is 1.26. The van der Waals surface area contributed by atoms with Crippen molar-refractivity contribution in [1.29, 1.82) is 0 Å². The Morgan fingerprint density at radius 1 is 1.44 bits per heavy atom. The lowest BCUT2D eigenvalue weighted by atomic mass is 10.0. The maximum atomic E-state index is 9.67. The molecule has 0 bridgehead atoms. The molecule has 0 aliphatic rings.